The Morgan fingerprint density at radius 2 is 1.23 bits per heavy atom. The Morgan fingerprint density at radius 1 is 0.676 bits per heavy atom. The highest BCUT2D eigenvalue weighted by atomic mass is 16.3. The molecule has 0 radical (unpaired) electrons. The lowest BCUT2D eigenvalue weighted by Gasteiger charge is -2.32. The summed E-state index contributed by atoms with van der Waals surface area (Å²) in [6, 6.07) is -5.03. The Hall–Kier alpha value is -5.99. The third kappa shape index (κ3) is 20.0. The summed E-state index contributed by atoms with van der Waals surface area (Å²) in [7, 11) is 0. The van der Waals surface area contributed by atoms with Gasteiger partial charge in [-0.25, -0.2) is 0 Å². The van der Waals surface area contributed by atoms with Crippen LogP contribution in [0, 0.1) is 17.8 Å². The first-order valence-corrected chi connectivity index (χ1v) is 24.0. The van der Waals surface area contributed by atoms with Crippen molar-refractivity contribution in [3.05, 3.63) is 35.9 Å². The third-order valence-corrected chi connectivity index (χ3v) is 11.9. The van der Waals surface area contributed by atoms with E-state index in [1.807, 2.05) is 20.8 Å². The minimum Gasteiger partial charge on any atom is -0.394 e. The number of benzene rings is 1. The average molecular weight is 1010 g/mol. The van der Waals surface area contributed by atoms with Gasteiger partial charge in [0.2, 0.25) is 47.3 Å². The van der Waals surface area contributed by atoms with E-state index >= 15 is 0 Å². The highest BCUT2D eigenvalue weighted by molar-refractivity contribution is 5.96. The van der Waals surface area contributed by atoms with Gasteiger partial charge in [-0.15, -0.1) is 0 Å². The number of aliphatic imine (C=N–C) groups is 1. The molecule has 25 nitrogen and oxygen atoms in total. The number of nitrogens with one attached hydrogen (secondary N) is 9. The van der Waals surface area contributed by atoms with Crippen LogP contribution in [-0.2, 0) is 38.4 Å². The highest BCUT2D eigenvalue weighted by Gasteiger charge is 2.39. The van der Waals surface area contributed by atoms with Crippen molar-refractivity contribution in [1.29, 1.82) is 0 Å². The fourth-order valence-electron chi connectivity index (χ4n) is 7.49. The summed E-state index contributed by atoms with van der Waals surface area (Å²) >= 11 is 0. The minimum absolute atomic E-state index is 0.0388. The van der Waals surface area contributed by atoms with Gasteiger partial charge in [-0.05, 0) is 56.4 Å². The lowest BCUT2D eigenvalue weighted by atomic mass is 9.95. The van der Waals surface area contributed by atoms with Crippen molar-refractivity contribution < 1.29 is 58.8 Å². The highest BCUT2D eigenvalue weighted by Crippen LogP contribution is 2.18. The zero-order valence-corrected chi connectivity index (χ0v) is 41.9. The van der Waals surface area contributed by atoms with Gasteiger partial charge in [-0.3, -0.25) is 43.3 Å². The van der Waals surface area contributed by atoms with Crippen molar-refractivity contribution >= 4 is 53.2 Å². The fourth-order valence-corrected chi connectivity index (χ4v) is 7.49. The van der Waals surface area contributed by atoms with Crippen LogP contribution >= 0.6 is 0 Å². The second kappa shape index (κ2) is 30.0. The van der Waals surface area contributed by atoms with Crippen molar-refractivity contribution in [3.8, 4) is 0 Å². The van der Waals surface area contributed by atoms with Crippen molar-refractivity contribution in [2.45, 2.75) is 154 Å². The largest absolute Gasteiger partial charge is 0.394 e. The van der Waals surface area contributed by atoms with Gasteiger partial charge in [0.25, 0.3) is 0 Å². The standard InChI is InChI=1S/C46H79N13O12/c1-9-24(6)33-43(69)57-34(25(7)61)42(68)52-20-31(63)56-35(26(8)62)44(70)55-30(21-60)40(66)58-36(27-14-11-10-12-15-27)32(47)41(67)59-37(38(64)23(4)5)45(71)54-29(18-22(2)3)39(65)53-28(19-51-33)16-13-17-50-46(48)49/h10-12,14-15,22-26,28-30,32-38,51,60-62,64H,9,13,16-21,47H2,1-8H3,(H,52,68)(H,53,65)(H,54,71)(H,55,70)(H,56,63)(H,57,69)(H,58,66)(H,59,67)(H4,48,49,50)/t24-,25-,26+,28+,29-,30-,32-,33-,34-,35?,36+,37-,38+/m0/s1. The maximum atomic E-state index is 14.3. The molecule has 1 aromatic carbocycles. The molecule has 1 aromatic rings. The average Bonchev–Trinajstić information content (AvgIpc) is 3.31. The molecule has 71 heavy (non-hydrogen) atoms. The minimum atomic E-state index is -1.76. The van der Waals surface area contributed by atoms with Gasteiger partial charge in [0.15, 0.2) is 5.96 Å². The molecule has 13 atom stereocenters. The number of aliphatic hydroxyl groups is 4. The van der Waals surface area contributed by atoms with Crippen LogP contribution in [0.5, 0.6) is 0 Å². The molecule has 1 heterocycles. The number of nitrogens with two attached hydrogens (primary N) is 3. The first-order valence-electron chi connectivity index (χ1n) is 24.0. The van der Waals surface area contributed by atoms with Crippen LogP contribution in [0.15, 0.2) is 35.3 Å². The fraction of sp³-hybridized carbons (Fsp3) is 0.674. The van der Waals surface area contributed by atoms with Crippen LogP contribution in [0.4, 0.5) is 0 Å². The summed E-state index contributed by atoms with van der Waals surface area (Å²) < 4.78 is 0. The Labute approximate surface area is 414 Å². The molecule has 8 amide bonds. The first-order chi connectivity index (χ1) is 33.3. The second-order valence-corrected chi connectivity index (χ2v) is 18.7. The van der Waals surface area contributed by atoms with Crippen molar-refractivity contribution in [2.75, 3.05) is 26.2 Å². The Kier molecular flexibility index (Phi) is 25.8. The van der Waals surface area contributed by atoms with Crippen LogP contribution in [-0.4, -0.2) is 167 Å². The molecule has 1 aliphatic rings. The Bertz CT molecular complexity index is 1950. The summed E-state index contributed by atoms with van der Waals surface area (Å²) in [4.78, 5) is 115. The van der Waals surface area contributed by atoms with Crippen LogP contribution in [0.25, 0.3) is 0 Å². The molecule has 2 rings (SSSR count). The van der Waals surface area contributed by atoms with Gasteiger partial charge >= 0.3 is 0 Å². The topological polar surface area (TPSA) is 416 Å². The van der Waals surface area contributed by atoms with Gasteiger partial charge in [-0.2, -0.15) is 0 Å². The molecule has 400 valence electrons. The van der Waals surface area contributed by atoms with Crippen LogP contribution in [0.3, 0.4) is 0 Å². The monoisotopic (exact) mass is 1010 g/mol. The zero-order chi connectivity index (χ0) is 53.7. The van der Waals surface area contributed by atoms with E-state index in [9.17, 15) is 58.8 Å². The van der Waals surface area contributed by atoms with Crippen LogP contribution < -0.4 is 65.1 Å². The van der Waals surface area contributed by atoms with E-state index in [0.29, 0.717) is 12.8 Å². The number of rotatable bonds is 14. The third-order valence-electron chi connectivity index (χ3n) is 11.9. The predicted molar refractivity (Wildman–Crippen MR) is 262 cm³/mol. The maximum absolute atomic E-state index is 14.3. The normalized spacial score (nSPS) is 27.4. The molecule has 0 aromatic heterocycles. The quantitative estimate of drug-likeness (QED) is 0.0472. The Balaban J connectivity index is 2.77. The second-order valence-electron chi connectivity index (χ2n) is 18.7. The van der Waals surface area contributed by atoms with Crippen molar-refractivity contribution in [3.63, 3.8) is 0 Å². The van der Waals surface area contributed by atoms with E-state index < -0.39 is 139 Å². The Morgan fingerprint density at radius 3 is 1.77 bits per heavy atom. The number of amides is 8. The van der Waals surface area contributed by atoms with Gasteiger partial charge in [0, 0.05) is 19.1 Å². The molecule has 25 heteroatoms. The lowest BCUT2D eigenvalue weighted by molar-refractivity contribution is -0.137. The number of hydrogen-bond donors (Lipinski definition) is 16. The molecule has 0 bridgehead atoms. The van der Waals surface area contributed by atoms with Crippen molar-refractivity contribution in [2.24, 2.45) is 39.9 Å². The van der Waals surface area contributed by atoms with Gasteiger partial charge in [-0.1, -0.05) is 78.3 Å². The van der Waals surface area contributed by atoms with E-state index in [0.717, 1.165) is 6.92 Å². The number of aliphatic hydroxyl groups excluding tert-OH is 4. The molecule has 1 fully saturated rings. The SMILES string of the molecule is CC[C@H](C)[C@@H]1NC[C@@H](CCCN=C(N)N)NC(=O)[C@H](CC(C)C)NC(=O)[C@H]([C@H](O)C(C)C)NC(=O)[C@@H](N)[C@@H](c2ccccc2)NC(=O)[C@H](CO)NC(=O)C([C@@H](C)O)NC(=O)CNC(=O)[C@H]([C@H](C)O)NC1=O. The van der Waals surface area contributed by atoms with Crippen LogP contribution in [0.1, 0.15) is 92.7 Å². The molecular weight excluding hydrogens is 927 g/mol. The van der Waals surface area contributed by atoms with Gasteiger partial charge < -0.3 is 85.5 Å². The van der Waals surface area contributed by atoms with Gasteiger partial charge in [0.1, 0.15) is 36.3 Å². The molecule has 1 saturated heterocycles. The predicted octanol–water partition coefficient (Wildman–Crippen LogP) is -4.92. The van der Waals surface area contributed by atoms with E-state index in [-0.39, 0.29) is 49.3 Å². The number of carbonyl (C=O) groups is 8. The van der Waals surface area contributed by atoms with E-state index in [4.69, 9.17) is 17.2 Å². The maximum Gasteiger partial charge on any atom is 0.245 e. The summed E-state index contributed by atoms with van der Waals surface area (Å²) in [6.07, 6.45) is -3.46. The van der Waals surface area contributed by atoms with E-state index in [2.05, 4.69) is 52.8 Å². The summed E-state index contributed by atoms with van der Waals surface area (Å²) in [5, 5.41) is 66.0. The molecular formula is C46H79N13O12. The zero-order valence-electron chi connectivity index (χ0n) is 41.9. The molecule has 0 spiro atoms. The number of guanidine groups is 1. The molecule has 0 aliphatic carbocycles. The van der Waals surface area contributed by atoms with Gasteiger partial charge in [0.05, 0.1) is 43.5 Å². The van der Waals surface area contributed by atoms with E-state index in [1.165, 1.54) is 19.1 Å². The lowest BCUT2D eigenvalue weighted by Crippen LogP contribution is -2.63. The summed E-state index contributed by atoms with van der Waals surface area (Å²) in [5.41, 5.74) is 17.9. The summed E-state index contributed by atoms with van der Waals surface area (Å²) in [6.45, 7) is 11.1. The van der Waals surface area contributed by atoms with Crippen LogP contribution in [0.2, 0.25) is 0 Å². The smallest absolute Gasteiger partial charge is 0.245 e. The molecule has 1 aliphatic heterocycles. The number of nitrogens with zero attached hydrogens (tertiary/aromatic N) is 1. The first kappa shape index (κ1) is 61.1. The molecule has 0 saturated carbocycles. The van der Waals surface area contributed by atoms with E-state index in [1.54, 1.807) is 39.0 Å². The summed E-state index contributed by atoms with van der Waals surface area (Å²) in [5.74, 6) is -8.90. The molecule has 19 N–H and O–H groups in total. The number of hydrogen-bond acceptors (Lipinski definition) is 15. The number of carbonyl (C=O) groups excluding carboxylic acids is 8. The molecule has 1 unspecified atom stereocenters. The van der Waals surface area contributed by atoms with Crippen molar-refractivity contribution in [1.82, 2.24) is 47.9 Å².